The maximum absolute atomic E-state index is 12.9. The molecule has 3 heterocycles. The Morgan fingerprint density at radius 3 is 2.65 bits per heavy atom. The molecular formula is C18H23ClN6O. The van der Waals surface area contributed by atoms with Crippen LogP contribution in [0.15, 0.2) is 18.3 Å². The second-order valence-corrected chi connectivity index (χ2v) is 7.15. The van der Waals surface area contributed by atoms with Crippen LogP contribution in [0.2, 0.25) is 5.02 Å². The van der Waals surface area contributed by atoms with Crippen LogP contribution in [-0.4, -0.2) is 57.2 Å². The van der Waals surface area contributed by atoms with E-state index in [4.69, 9.17) is 11.6 Å². The minimum Gasteiger partial charge on any atom is -0.353 e. The van der Waals surface area contributed by atoms with Gasteiger partial charge >= 0.3 is 0 Å². The highest BCUT2D eigenvalue weighted by Crippen LogP contribution is 2.20. The van der Waals surface area contributed by atoms with E-state index in [1.807, 2.05) is 32.9 Å². The molecule has 0 saturated carbocycles. The Bertz CT molecular complexity index is 780. The predicted molar refractivity (Wildman–Crippen MR) is 101 cm³/mol. The summed E-state index contributed by atoms with van der Waals surface area (Å²) in [5, 5.41) is 8.66. The van der Waals surface area contributed by atoms with Crippen molar-refractivity contribution in [2.75, 3.05) is 31.1 Å². The van der Waals surface area contributed by atoms with E-state index in [2.05, 4.69) is 25.1 Å². The predicted octanol–water partition coefficient (Wildman–Crippen LogP) is 2.70. The Labute approximate surface area is 158 Å². The number of aryl methyl sites for hydroxylation is 1. The summed E-state index contributed by atoms with van der Waals surface area (Å²) in [6.45, 7) is 8.67. The fourth-order valence-electron chi connectivity index (χ4n) is 2.87. The minimum atomic E-state index is -0.142. The van der Waals surface area contributed by atoms with Gasteiger partial charge in [-0.25, -0.2) is 9.97 Å². The van der Waals surface area contributed by atoms with Crippen molar-refractivity contribution in [1.82, 2.24) is 25.1 Å². The summed E-state index contributed by atoms with van der Waals surface area (Å²) in [5.41, 5.74) is 1.17. The second kappa shape index (κ2) is 7.95. The fourth-order valence-corrected chi connectivity index (χ4v) is 3.04. The molecule has 0 aromatic carbocycles. The molecule has 1 aliphatic heterocycles. The topological polar surface area (TPSA) is 75.1 Å². The van der Waals surface area contributed by atoms with Crippen LogP contribution in [0, 0.1) is 6.92 Å². The van der Waals surface area contributed by atoms with Gasteiger partial charge in [-0.3, -0.25) is 4.79 Å². The number of hydrogen-bond acceptors (Lipinski definition) is 6. The molecule has 0 radical (unpaired) electrons. The van der Waals surface area contributed by atoms with Crippen LogP contribution in [0.3, 0.4) is 0 Å². The molecule has 138 valence electrons. The van der Waals surface area contributed by atoms with E-state index < -0.39 is 0 Å². The van der Waals surface area contributed by atoms with Gasteiger partial charge in [0.15, 0.2) is 11.5 Å². The first kappa shape index (κ1) is 18.5. The van der Waals surface area contributed by atoms with Crippen molar-refractivity contribution in [3.63, 3.8) is 0 Å². The molecular weight excluding hydrogens is 352 g/mol. The van der Waals surface area contributed by atoms with E-state index in [1.165, 1.54) is 6.20 Å². The van der Waals surface area contributed by atoms with Crippen molar-refractivity contribution in [2.45, 2.75) is 33.1 Å². The molecule has 0 spiro atoms. The highest BCUT2D eigenvalue weighted by atomic mass is 35.5. The van der Waals surface area contributed by atoms with Gasteiger partial charge in [-0.05, 0) is 25.5 Å². The number of anilines is 1. The first-order valence-electron chi connectivity index (χ1n) is 8.82. The molecule has 0 unspecified atom stereocenters. The zero-order valence-corrected chi connectivity index (χ0v) is 16.1. The van der Waals surface area contributed by atoms with E-state index in [1.54, 1.807) is 4.90 Å². The van der Waals surface area contributed by atoms with Crippen molar-refractivity contribution < 1.29 is 4.79 Å². The lowest BCUT2D eigenvalue weighted by Gasteiger charge is -2.22. The maximum Gasteiger partial charge on any atom is 0.274 e. The third-order valence-electron chi connectivity index (χ3n) is 4.37. The smallest absolute Gasteiger partial charge is 0.274 e. The standard InChI is InChI=1S/C18H23ClN6O/c1-12(2)17-20-11-14(19)16(21-17)18(26)25-8-4-7-24(9-10-25)15-6-5-13(3)22-23-15/h5-6,11-12H,4,7-10H2,1-3H3. The van der Waals surface area contributed by atoms with E-state index in [-0.39, 0.29) is 17.5 Å². The van der Waals surface area contributed by atoms with Gasteiger partial charge in [0.2, 0.25) is 0 Å². The molecule has 1 saturated heterocycles. The van der Waals surface area contributed by atoms with E-state index in [9.17, 15) is 4.79 Å². The Morgan fingerprint density at radius 2 is 1.96 bits per heavy atom. The van der Waals surface area contributed by atoms with Crippen molar-refractivity contribution in [2.24, 2.45) is 0 Å². The lowest BCUT2D eigenvalue weighted by atomic mass is 10.2. The first-order valence-corrected chi connectivity index (χ1v) is 9.20. The molecule has 0 aliphatic carbocycles. The molecule has 1 aliphatic rings. The van der Waals surface area contributed by atoms with Crippen LogP contribution in [0.4, 0.5) is 5.82 Å². The van der Waals surface area contributed by atoms with Crippen LogP contribution in [0.1, 0.15) is 48.2 Å². The summed E-state index contributed by atoms with van der Waals surface area (Å²) in [6, 6.07) is 3.92. The molecule has 1 amide bonds. The molecule has 8 heteroatoms. The third kappa shape index (κ3) is 4.09. The second-order valence-electron chi connectivity index (χ2n) is 6.75. The van der Waals surface area contributed by atoms with Crippen molar-refractivity contribution in [3.8, 4) is 0 Å². The monoisotopic (exact) mass is 374 g/mol. The Kier molecular flexibility index (Phi) is 5.66. The summed E-state index contributed by atoms with van der Waals surface area (Å²) in [5.74, 6) is 1.46. The zero-order chi connectivity index (χ0) is 18.7. The number of nitrogens with zero attached hydrogens (tertiary/aromatic N) is 6. The molecule has 7 nitrogen and oxygen atoms in total. The van der Waals surface area contributed by atoms with Gasteiger partial charge in [0.25, 0.3) is 5.91 Å². The van der Waals surface area contributed by atoms with Crippen LogP contribution in [-0.2, 0) is 0 Å². The van der Waals surface area contributed by atoms with Gasteiger partial charge in [-0.15, -0.1) is 5.10 Å². The molecule has 26 heavy (non-hydrogen) atoms. The molecule has 3 rings (SSSR count). The van der Waals surface area contributed by atoms with Crippen LogP contribution < -0.4 is 4.90 Å². The molecule has 0 N–H and O–H groups in total. The minimum absolute atomic E-state index is 0.138. The normalized spacial score (nSPS) is 15.3. The maximum atomic E-state index is 12.9. The summed E-state index contributed by atoms with van der Waals surface area (Å²) in [4.78, 5) is 25.5. The van der Waals surface area contributed by atoms with Crippen molar-refractivity contribution in [1.29, 1.82) is 0 Å². The van der Waals surface area contributed by atoms with Crippen molar-refractivity contribution >= 4 is 23.3 Å². The number of aromatic nitrogens is 4. The summed E-state index contributed by atoms with van der Waals surface area (Å²) in [7, 11) is 0. The Hall–Kier alpha value is -2.28. The summed E-state index contributed by atoms with van der Waals surface area (Å²) >= 11 is 6.19. The number of amides is 1. The van der Waals surface area contributed by atoms with Gasteiger partial charge in [-0.2, -0.15) is 5.10 Å². The number of carbonyl (C=O) groups is 1. The van der Waals surface area contributed by atoms with E-state index in [0.29, 0.717) is 30.5 Å². The molecule has 2 aromatic heterocycles. The van der Waals surface area contributed by atoms with E-state index >= 15 is 0 Å². The van der Waals surface area contributed by atoms with Crippen molar-refractivity contribution in [3.05, 3.63) is 40.6 Å². The fraction of sp³-hybridized carbons (Fsp3) is 0.500. The van der Waals surface area contributed by atoms with E-state index in [0.717, 1.165) is 24.5 Å². The lowest BCUT2D eigenvalue weighted by molar-refractivity contribution is 0.0760. The number of hydrogen-bond donors (Lipinski definition) is 0. The largest absolute Gasteiger partial charge is 0.353 e. The van der Waals surface area contributed by atoms with Crippen LogP contribution in [0.25, 0.3) is 0 Å². The lowest BCUT2D eigenvalue weighted by Crippen LogP contribution is -2.36. The highest BCUT2D eigenvalue weighted by Gasteiger charge is 2.24. The third-order valence-corrected chi connectivity index (χ3v) is 4.65. The average Bonchev–Trinajstić information content (AvgIpc) is 2.88. The quantitative estimate of drug-likeness (QED) is 0.822. The van der Waals surface area contributed by atoms with Gasteiger partial charge in [0, 0.05) is 32.1 Å². The zero-order valence-electron chi connectivity index (χ0n) is 15.3. The molecule has 0 bridgehead atoms. The first-order chi connectivity index (χ1) is 12.5. The van der Waals surface area contributed by atoms with Crippen LogP contribution in [0.5, 0.6) is 0 Å². The summed E-state index contributed by atoms with van der Waals surface area (Å²) in [6.07, 6.45) is 2.37. The highest BCUT2D eigenvalue weighted by molar-refractivity contribution is 6.33. The molecule has 0 atom stereocenters. The number of rotatable bonds is 3. The number of halogens is 1. The van der Waals surface area contributed by atoms with Gasteiger partial charge in [0.1, 0.15) is 5.82 Å². The SMILES string of the molecule is Cc1ccc(N2CCCN(C(=O)c3nc(C(C)C)ncc3Cl)CC2)nn1. The Balaban J connectivity index is 1.73. The molecule has 1 fully saturated rings. The van der Waals surface area contributed by atoms with Gasteiger partial charge < -0.3 is 9.80 Å². The van der Waals surface area contributed by atoms with Gasteiger partial charge in [-0.1, -0.05) is 25.4 Å². The van der Waals surface area contributed by atoms with Crippen LogP contribution >= 0.6 is 11.6 Å². The number of carbonyl (C=O) groups excluding carboxylic acids is 1. The Morgan fingerprint density at radius 1 is 1.15 bits per heavy atom. The summed E-state index contributed by atoms with van der Waals surface area (Å²) < 4.78 is 0. The molecule has 2 aromatic rings. The van der Waals surface area contributed by atoms with Gasteiger partial charge in [0.05, 0.1) is 16.9 Å². The average molecular weight is 375 g/mol.